The van der Waals surface area contributed by atoms with Crippen molar-refractivity contribution in [2.75, 3.05) is 6.61 Å². The summed E-state index contributed by atoms with van der Waals surface area (Å²) in [4.78, 5) is 12.5. The molecular weight excluding hydrogens is 260 g/mol. The average molecular weight is 280 g/mol. The number of rotatable bonds is 0. The van der Waals surface area contributed by atoms with E-state index in [1.165, 1.54) is 0 Å². The molecule has 0 radical (unpaired) electrons. The molecule has 5 fully saturated rings. The lowest BCUT2D eigenvalue weighted by molar-refractivity contribution is -0.135. The largest absolute Gasteiger partial charge is 0.392 e. The van der Waals surface area contributed by atoms with Crippen LogP contribution >= 0.6 is 0 Å². The van der Waals surface area contributed by atoms with Crippen LogP contribution in [-0.2, 0) is 14.3 Å². The van der Waals surface area contributed by atoms with Gasteiger partial charge < -0.3 is 19.7 Å². The van der Waals surface area contributed by atoms with Crippen LogP contribution in [0.5, 0.6) is 0 Å². The van der Waals surface area contributed by atoms with E-state index in [1.54, 1.807) is 0 Å². The molecule has 0 aromatic heterocycles. The molecule has 0 aromatic rings. The molecule has 5 aliphatic rings. The van der Waals surface area contributed by atoms with E-state index in [9.17, 15) is 15.0 Å². The molecule has 110 valence electrons. The Kier molecular flexibility index (Phi) is 1.66. The predicted octanol–water partition coefficient (Wildman–Crippen LogP) is -0.120. The Morgan fingerprint density at radius 2 is 1.85 bits per heavy atom. The van der Waals surface area contributed by atoms with Gasteiger partial charge in [-0.3, -0.25) is 4.79 Å². The highest BCUT2D eigenvalue weighted by molar-refractivity contribution is 6.02. The molecule has 5 nitrogen and oxygen atoms in total. The van der Waals surface area contributed by atoms with E-state index < -0.39 is 34.9 Å². The maximum atomic E-state index is 12.5. The van der Waals surface area contributed by atoms with E-state index in [0.29, 0.717) is 6.61 Å². The molecule has 2 heterocycles. The molecule has 0 unspecified atom stereocenters. The van der Waals surface area contributed by atoms with Crippen molar-refractivity contribution < 1.29 is 24.5 Å². The van der Waals surface area contributed by atoms with E-state index in [2.05, 4.69) is 0 Å². The van der Waals surface area contributed by atoms with E-state index in [0.717, 1.165) is 6.42 Å². The molecule has 2 spiro atoms. The van der Waals surface area contributed by atoms with Gasteiger partial charge in [0.15, 0.2) is 17.5 Å². The Morgan fingerprint density at radius 3 is 2.45 bits per heavy atom. The van der Waals surface area contributed by atoms with E-state index in [-0.39, 0.29) is 23.0 Å². The fourth-order valence-corrected chi connectivity index (χ4v) is 6.11. The third-order valence-electron chi connectivity index (χ3n) is 7.24. The smallest absolute Gasteiger partial charge is 0.199 e. The maximum absolute atomic E-state index is 12.5. The number of carbonyl (C=O) groups is 1. The number of aliphatic hydroxyl groups is 2. The standard InChI is InChI=1S/C15H20O5/c1-12(2)4-6-7(9(12)17)13(3)14(5-19-14)10(18)11-15(13,20-11)8(6)16/h6-9,11,16-17H,4-5H2,1-3H3/t6-,7-,8-,9-,11+,13+,14-,15+/m0/s1. The summed E-state index contributed by atoms with van der Waals surface area (Å²) in [6.07, 6.45) is -0.974. The minimum absolute atomic E-state index is 0.0100. The SMILES string of the molecule is CC1(C)C[C@H]2[C@@H]([C@@H]1O)[C@@]1(C)[C@@]3(O[C@@H]3C(=O)[C@@]13CO3)[C@H]2O. The zero-order valence-electron chi connectivity index (χ0n) is 11.9. The fourth-order valence-electron chi connectivity index (χ4n) is 6.11. The van der Waals surface area contributed by atoms with Gasteiger partial charge in [-0.2, -0.15) is 0 Å². The monoisotopic (exact) mass is 280 g/mol. The number of carbonyl (C=O) groups excluding carboxylic acids is 1. The van der Waals surface area contributed by atoms with Crippen LogP contribution in [0.15, 0.2) is 0 Å². The molecule has 8 atom stereocenters. The van der Waals surface area contributed by atoms with Crippen molar-refractivity contribution in [3.63, 3.8) is 0 Å². The fraction of sp³-hybridized carbons (Fsp3) is 0.933. The van der Waals surface area contributed by atoms with Gasteiger partial charge in [-0.1, -0.05) is 20.8 Å². The molecule has 2 saturated heterocycles. The minimum atomic E-state index is -0.808. The van der Waals surface area contributed by atoms with Crippen LogP contribution in [0.2, 0.25) is 0 Å². The highest BCUT2D eigenvalue weighted by Gasteiger charge is 2.97. The average Bonchev–Trinajstić information content (AvgIpc) is 3.24. The molecule has 0 aromatic carbocycles. The lowest BCUT2D eigenvalue weighted by Crippen LogP contribution is -2.52. The number of ether oxygens (including phenoxy) is 2. The van der Waals surface area contributed by atoms with Crippen molar-refractivity contribution in [2.45, 2.75) is 56.7 Å². The number of hydrogen-bond acceptors (Lipinski definition) is 5. The van der Waals surface area contributed by atoms with Crippen LogP contribution in [0.4, 0.5) is 0 Å². The van der Waals surface area contributed by atoms with Gasteiger partial charge in [-0.05, 0) is 17.8 Å². The summed E-state index contributed by atoms with van der Waals surface area (Å²) in [7, 11) is 0. The van der Waals surface area contributed by atoms with Gasteiger partial charge in [0.05, 0.1) is 18.8 Å². The number of aliphatic hydroxyl groups excluding tert-OH is 2. The zero-order chi connectivity index (χ0) is 14.3. The normalized spacial score (nSPS) is 68.0. The second-order valence-electron chi connectivity index (χ2n) is 8.25. The van der Waals surface area contributed by atoms with Crippen LogP contribution in [0, 0.1) is 22.7 Å². The minimum Gasteiger partial charge on any atom is -0.392 e. The summed E-state index contributed by atoms with van der Waals surface area (Å²) in [5.74, 6) is -0.162. The van der Waals surface area contributed by atoms with Gasteiger partial charge in [0.2, 0.25) is 0 Å². The molecular formula is C15H20O5. The molecule has 20 heavy (non-hydrogen) atoms. The summed E-state index contributed by atoms with van der Waals surface area (Å²) >= 11 is 0. The number of fused-ring (bicyclic) bond motifs is 3. The quantitative estimate of drug-likeness (QED) is 0.605. The number of epoxide rings is 2. The Morgan fingerprint density at radius 1 is 1.20 bits per heavy atom. The van der Waals surface area contributed by atoms with Crippen LogP contribution < -0.4 is 0 Å². The highest BCUT2D eigenvalue weighted by Crippen LogP contribution is 2.80. The Hall–Kier alpha value is -0.490. The van der Waals surface area contributed by atoms with Crippen LogP contribution in [0.3, 0.4) is 0 Å². The van der Waals surface area contributed by atoms with E-state index in [1.807, 2.05) is 20.8 Å². The van der Waals surface area contributed by atoms with Gasteiger partial charge in [-0.15, -0.1) is 0 Å². The summed E-state index contributed by atoms with van der Waals surface area (Å²) in [6, 6.07) is 0. The summed E-state index contributed by atoms with van der Waals surface area (Å²) in [5, 5.41) is 21.6. The third kappa shape index (κ3) is 0.815. The molecule has 0 amide bonds. The lowest BCUT2D eigenvalue weighted by atomic mass is 9.65. The van der Waals surface area contributed by atoms with E-state index >= 15 is 0 Å². The first-order valence-corrected chi connectivity index (χ1v) is 7.46. The van der Waals surface area contributed by atoms with Crippen LogP contribution in [-0.4, -0.2) is 52.1 Å². The van der Waals surface area contributed by atoms with Gasteiger partial charge >= 0.3 is 0 Å². The highest BCUT2D eigenvalue weighted by atomic mass is 16.7. The van der Waals surface area contributed by atoms with Crippen LogP contribution in [0.1, 0.15) is 27.2 Å². The van der Waals surface area contributed by atoms with Crippen molar-refractivity contribution in [3.8, 4) is 0 Å². The van der Waals surface area contributed by atoms with Crippen molar-refractivity contribution >= 4 is 5.78 Å². The van der Waals surface area contributed by atoms with Gasteiger partial charge in [0.25, 0.3) is 0 Å². The molecule has 3 saturated carbocycles. The first-order valence-electron chi connectivity index (χ1n) is 7.46. The summed E-state index contributed by atoms with van der Waals surface area (Å²) < 4.78 is 11.3. The Bertz CT molecular complexity index is 552. The Labute approximate surface area is 117 Å². The van der Waals surface area contributed by atoms with Gasteiger partial charge in [0.1, 0.15) is 5.60 Å². The van der Waals surface area contributed by atoms with Crippen molar-refractivity contribution in [3.05, 3.63) is 0 Å². The molecule has 0 bridgehead atoms. The first-order chi connectivity index (χ1) is 9.24. The number of ketones is 1. The predicted molar refractivity (Wildman–Crippen MR) is 66.8 cm³/mol. The molecule has 2 aliphatic heterocycles. The summed E-state index contributed by atoms with van der Waals surface area (Å²) in [5.41, 5.74) is -2.45. The molecule has 5 rings (SSSR count). The number of hydrogen-bond donors (Lipinski definition) is 2. The van der Waals surface area contributed by atoms with E-state index in [4.69, 9.17) is 9.47 Å². The topological polar surface area (TPSA) is 82.6 Å². The zero-order valence-corrected chi connectivity index (χ0v) is 11.9. The van der Waals surface area contributed by atoms with Gasteiger partial charge in [-0.25, -0.2) is 0 Å². The second-order valence-corrected chi connectivity index (χ2v) is 8.25. The molecule has 2 N–H and O–H groups in total. The first kappa shape index (κ1) is 12.1. The van der Waals surface area contributed by atoms with Crippen molar-refractivity contribution in [1.29, 1.82) is 0 Å². The van der Waals surface area contributed by atoms with Gasteiger partial charge in [0, 0.05) is 11.3 Å². The Balaban J connectivity index is 1.73. The van der Waals surface area contributed by atoms with Crippen molar-refractivity contribution in [2.24, 2.45) is 22.7 Å². The second kappa shape index (κ2) is 2.74. The third-order valence-corrected chi connectivity index (χ3v) is 7.24. The maximum Gasteiger partial charge on any atom is 0.199 e. The lowest BCUT2D eigenvalue weighted by Gasteiger charge is -2.39. The number of Topliss-reactive ketones (excluding diaryl/α,β-unsaturated/α-hetero) is 1. The summed E-state index contributed by atoms with van der Waals surface area (Å²) in [6.45, 7) is 6.46. The van der Waals surface area contributed by atoms with Crippen molar-refractivity contribution in [1.82, 2.24) is 0 Å². The molecule has 3 aliphatic carbocycles. The van der Waals surface area contributed by atoms with Crippen LogP contribution in [0.25, 0.3) is 0 Å². The molecule has 5 heteroatoms.